The summed E-state index contributed by atoms with van der Waals surface area (Å²) in [4.78, 5) is 0. The number of nitrogens with zero attached hydrogens (tertiary/aromatic N) is 1. The first-order valence-electron chi connectivity index (χ1n) is 1.60. The topological polar surface area (TPSA) is 42.5 Å². The number of hydrogen-bond acceptors (Lipinski definition) is 1. The minimum absolute atomic E-state index is 0.109. The molecular weight excluding hydrogens is 78.0 g/mol. The summed E-state index contributed by atoms with van der Waals surface area (Å²) in [5.74, 6) is 0.109. The van der Waals surface area contributed by atoms with Gasteiger partial charge in [-0.15, -0.1) is 0 Å². The maximum absolute atomic E-state index is 8.22. The molecule has 0 atom stereocenters. The van der Waals surface area contributed by atoms with Gasteiger partial charge in [-0.1, -0.05) is 0 Å². The van der Waals surface area contributed by atoms with E-state index in [1.54, 1.807) is 0 Å². The summed E-state index contributed by atoms with van der Waals surface area (Å²) >= 11 is 0. The van der Waals surface area contributed by atoms with Gasteiger partial charge in [0.15, 0.2) is 0 Å². The van der Waals surface area contributed by atoms with Crippen molar-refractivity contribution in [3.05, 3.63) is 11.8 Å². The molecule has 0 aliphatic rings. The third-order valence-electron chi connectivity index (χ3n) is 0.316. The average Bonchev–Trinajstić information content (AvgIpc) is 1.35. The zero-order chi connectivity index (χ0) is 4.99. The highest BCUT2D eigenvalue weighted by Crippen LogP contribution is 1.75. The summed E-state index contributed by atoms with van der Waals surface area (Å²) in [6.45, 7) is 1.48. The Balaban J connectivity index is 3.41. The Morgan fingerprint density at radius 1 is 1.83 bits per heavy atom. The normalized spacial score (nSPS) is 11.2. The van der Waals surface area contributed by atoms with Crippen LogP contribution in [0.4, 0.5) is 0 Å². The van der Waals surface area contributed by atoms with Crippen molar-refractivity contribution in [2.75, 3.05) is 0 Å². The molecule has 0 aromatic heterocycles. The largest absolute Gasteiger partial charge is 0.513 e. The maximum Gasteiger partial charge on any atom is 0.0907 e. The zero-order valence-corrected chi connectivity index (χ0v) is 3.55. The quantitative estimate of drug-likeness (QED) is 0.361. The highest BCUT2D eigenvalue weighted by atomic mass is 16.3. The Bertz CT molecular complexity index is 71.6. The molecule has 1 N–H and O–H groups in total. The Morgan fingerprint density at radius 2 is 2.33 bits per heavy atom. The molecule has 0 amide bonds. The standard InChI is InChI=1S/C4H6NO/c1-4(6)2-3-5/h2-3,6H,1H3/b4-2-. The van der Waals surface area contributed by atoms with E-state index in [9.17, 15) is 0 Å². The van der Waals surface area contributed by atoms with Crippen LogP contribution in [0.15, 0.2) is 11.8 Å². The summed E-state index contributed by atoms with van der Waals surface area (Å²) in [6, 6.07) is 0. The van der Waals surface area contributed by atoms with E-state index in [0.717, 1.165) is 6.21 Å². The van der Waals surface area contributed by atoms with Crippen LogP contribution in [0.25, 0.3) is 0 Å². The Morgan fingerprint density at radius 3 is 2.33 bits per heavy atom. The third-order valence-corrected chi connectivity index (χ3v) is 0.316. The van der Waals surface area contributed by atoms with E-state index in [1.165, 1.54) is 13.0 Å². The van der Waals surface area contributed by atoms with Crippen LogP contribution < -0.4 is 5.41 Å². The van der Waals surface area contributed by atoms with Crippen molar-refractivity contribution in [1.82, 2.24) is 5.41 Å². The highest BCUT2D eigenvalue weighted by Gasteiger charge is 1.68. The molecule has 33 valence electrons. The first kappa shape index (κ1) is 5.21. The van der Waals surface area contributed by atoms with E-state index in [4.69, 9.17) is 10.5 Å². The van der Waals surface area contributed by atoms with E-state index < -0.39 is 0 Å². The number of allylic oxidation sites excluding steroid dienone is 2. The summed E-state index contributed by atoms with van der Waals surface area (Å²) in [6.07, 6.45) is 1.98. The van der Waals surface area contributed by atoms with Crippen LogP contribution in [0, 0.1) is 0 Å². The summed E-state index contributed by atoms with van der Waals surface area (Å²) < 4.78 is 0. The second-order valence-corrected chi connectivity index (χ2v) is 0.957. The maximum atomic E-state index is 8.22. The van der Waals surface area contributed by atoms with E-state index >= 15 is 0 Å². The van der Waals surface area contributed by atoms with Crippen molar-refractivity contribution in [2.45, 2.75) is 6.92 Å². The predicted octanol–water partition coefficient (Wildman–Crippen LogP) is 0.319. The molecule has 0 aromatic carbocycles. The fraction of sp³-hybridized carbons (Fsp3) is 0.250. The average molecular weight is 84.1 g/mol. The van der Waals surface area contributed by atoms with Gasteiger partial charge in [0.2, 0.25) is 0 Å². The molecule has 0 saturated heterocycles. The van der Waals surface area contributed by atoms with E-state index in [1.807, 2.05) is 0 Å². The minimum Gasteiger partial charge on any atom is -0.513 e. The molecule has 0 heterocycles. The van der Waals surface area contributed by atoms with Gasteiger partial charge in [-0.05, 0) is 13.0 Å². The summed E-state index contributed by atoms with van der Waals surface area (Å²) in [5.41, 5.74) is 0. The molecule has 0 saturated carbocycles. The minimum atomic E-state index is 0.109. The van der Waals surface area contributed by atoms with Crippen molar-refractivity contribution in [3.63, 3.8) is 0 Å². The summed E-state index contributed by atoms with van der Waals surface area (Å²) in [5, 5.41) is 16.1. The molecule has 0 aromatic rings. The smallest absolute Gasteiger partial charge is 0.0907 e. The van der Waals surface area contributed by atoms with Crippen LogP contribution in [-0.4, -0.2) is 11.3 Å². The molecule has 0 bridgehead atoms. The SMILES string of the molecule is C/C(O)=C/C=[N]. The van der Waals surface area contributed by atoms with Gasteiger partial charge in [-0.2, -0.15) is 5.41 Å². The molecule has 0 unspecified atom stereocenters. The number of rotatable bonds is 1. The zero-order valence-electron chi connectivity index (χ0n) is 3.55. The lowest BCUT2D eigenvalue weighted by atomic mass is 10.5. The molecule has 0 aliphatic heterocycles. The fourth-order valence-electron chi connectivity index (χ4n) is 0.108. The van der Waals surface area contributed by atoms with Crippen LogP contribution in [-0.2, 0) is 0 Å². The van der Waals surface area contributed by atoms with E-state index in [2.05, 4.69) is 0 Å². The molecule has 0 fully saturated rings. The fourth-order valence-corrected chi connectivity index (χ4v) is 0.108. The molecule has 0 rings (SSSR count). The second-order valence-electron chi connectivity index (χ2n) is 0.957. The van der Waals surface area contributed by atoms with Gasteiger partial charge in [0.25, 0.3) is 0 Å². The van der Waals surface area contributed by atoms with Gasteiger partial charge in [0.1, 0.15) is 0 Å². The highest BCUT2D eigenvalue weighted by molar-refractivity contribution is 5.68. The molecular formula is C4H6NO. The first-order chi connectivity index (χ1) is 2.77. The van der Waals surface area contributed by atoms with Crippen LogP contribution in [0.1, 0.15) is 6.92 Å². The molecule has 6 heavy (non-hydrogen) atoms. The molecule has 0 aliphatic carbocycles. The van der Waals surface area contributed by atoms with Crippen LogP contribution >= 0.6 is 0 Å². The third kappa shape index (κ3) is 3.21. The van der Waals surface area contributed by atoms with Crippen molar-refractivity contribution >= 4 is 6.21 Å². The molecule has 2 heteroatoms. The van der Waals surface area contributed by atoms with Gasteiger partial charge in [-0.25, -0.2) is 0 Å². The van der Waals surface area contributed by atoms with E-state index in [0.29, 0.717) is 0 Å². The van der Waals surface area contributed by atoms with Gasteiger partial charge in [-0.3, -0.25) is 0 Å². The summed E-state index contributed by atoms with van der Waals surface area (Å²) in [7, 11) is 0. The Hall–Kier alpha value is -0.790. The first-order valence-corrected chi connectivity index (χ1v) is 1.60. The molecule has 0 spiro atoms. The van der Waals surface area contributed by atoms with Gasteiger partial charge >= 0.3 is 0 Å². The Kier molecular flexibility index (Phi) is 2.13. The molecule has 1 radical (unpaired) electrons. The molecule has 2 nitrogen and oxygen atoms in total. The lowest BCUT2D eigenvalue weighted by Crippen LogP contribution is -1.69. The lowest BCUT2D eigenvalue weighted by Gasteiger charge is -1.75. The number of aliphatic hydroxyl groups excluding tert-OH is 1. The van der Waals surface area contributed by atoms with Gasteiger partial charge in [0, 0.05) is 0 Å². The van der Waals surface area contributed by atoms with Gasteiger partial charge < -0.3 is 5.11 Å². The van der Waals surface area contributed by atoms with Crippen molar-refractivity contribution < 1.29 is 5.11 Å². The lowest BCUT2D eigenvalue weighted by molar-refractivity contribution is 0.415. The number of hydrogen-bond donors (Lipinski definition) is 1. The number of aliphatic hydroxyl groups is 1. The second kappa shape index (κ2) is 2.45. The van der Waals surface area contributed by atoms with E-state index in [-0.39, 0.29) is 5.76 Å². The van der Waals surface area contributed by atoms with Crippen molar-refractivity contribution in [3.8, 4) is 0 Å². The van der Waals surface area contributed by atoms with Crippen LogP contribution in [0.2, 0.25) is 0 Å². The van der Waals surface area contributed by atoms with Gasteiger partial charge in [0.05, 0.1) is 12.0 Å². The predicted molar refractivity (Wildman–Crippen MR) is 24.6 cm³/mol. The van der Waals surface area contributed by atoms with Crippen LogP contribution in [0.5, 0.6) is 0 Å². The monoisotopic (exact) mass is 84.0 g/mol. The van der Waals surface area contributed by atoms with Crippen molar-refractivity contribution in [1.29, 1.82) is 0 Å². The van der Waals surface area contributed by atoms with Crippen molar-refractivity contribution in [2.24, 2.45) is 0 Å². The Labute approximate surface area is 36.6 Å². The van der Waals surface area contributed by atoms with Crippen LogP contribution in [0.3, 0.4) is 0 Å².